The van der Waals surface area contributed by atoms with E-state index in [-0.39, 0.29) is 12.0 Å². The minimum atomic E-state index is -0.181. The molecule has 0 spiro atoms. The van der Waals surface area contributed by atoms with Crippen molar-refractivity contribution in [1.82, 2.24) is 5.32 Å². The van der Waals surface area contributed by atoms with Crippen LogP contribution in [0.4, 0.5) is 0 Å². The maximum Gasteiger partial charge on any atom is 0.307 e. The number of nitrogens with one attached hydrogen (secondary N) is 1. The molecule has 0 saturated carbocycles. The third-order valence-electron chi connectivity index (χ3n) is 2.78. The molecule has 0 saturated heterocycles. The van der Waals surface area contributed by atoms with Gasteiger partial charge < -0.3 is 10.1 Å². The average Bonchev–Trinajstić information content (AvgIpc) is 2.38. The van der Waals surface area contributed by atoms with Crippen LogP contribution in [0.5, 0.6) is 0 Å². The van der Waals surface area contributed by atoms with Crippen LogP contribution in [0.15, 0.2) is 18.2 Å². The van der Waals surface area contributed by atoms with Gasteiger partial charge in [-0.05, 0) is 31.0 Å². The zero-order chi connectivity index (χ0) is 14.3. The van der Waals surface area contributed by atoms with Crippen LogP contribution in [0, 0.1) is 0 Å². The summed E-state index contributed by atoms with van der Waals surface area (Å²) in [4.78, 5) is 11.2. The van der Waals surface area contributed by atoms with Gasteiger partial charge >= 0.3 is 5.97 Å². The van der Waals surface area contributed by atoms with Gasteiger partial charge in [-0.2, -0.15) is 0 Å². The van der Waals surface area contributed by atoms with Gasteiger partial charge in [-0.25, -0.2) is 0 Å². The number of rotatable bonds is 7. The van der Waals surface area contributed by atoms with E-state index in [0.717, 1.165) is 12.0 Å². The molecule has 0 bridgehead atoms. The average molecular weight is 304 g/mol. The van der Waals surface area contributed by atoms with Crippen LogP contribution in [0.25, 0.3) is 0 Å². The Labute approximate surface area is 124 Å². The number of esters is 1. The van der Waals surface area contributed by atoms with Crippen molar-refractivity contribution < 1.29 is 9.53 Å². The number of benzene rings is 1. The van der Waals surface area contributed by atoms with Gasteiger partial charge in [-0.3, -0.25) is 4.79 Å². The van der Waals surface area contributed by atoms with Crippen LogP contribution in [0.3, 0.4) is 0 Å². The summed E-state index contributed by atoms with van der Waals surface area (Å²) in [5.74, 6) is -0.181. The maximum atomic E-state index is 11.2. The largest absolute Gasteiger partial charge is 0.466 e. The Hall–Kier alpha value is -0.770. The van der Waals surface area contributed by atoms with Crippen molar-refractivity contribution in [1.29, 1.82) is 0 Å². The molecule has 1 N–H and O–H groups in total. The fourth-order valence-corrected chi connectivity index (χ4v) is 2.12. The molecule has 0 aliphatic rings. The summed E-state index contributed by atoms with van der Waals surface area (Å²) in [6.45, 7) is 4.88. The van der Waals surface area contributed by atoms with Crippen LogP contribution < -0.4 is 5.32 Å². The van der Waals surface area contributed by atoms with Crippen molar-refractivity contribution in [2.45, 2.75) is 32.7 Å². The maximum absolute atomic E-state index is 11.2. The fourth-order valence-electron chi connectivity index (χ4n) is 1.81. The summed E-state index contributed by atoms with van der Waals surface area (Å²) in [6, 6.07) is 5.74. The Morgan fingerprint density at radius 1 is 1.32 bits per heavy atom. The van der Waals surface area contributed by atoms with Crippen molar-refractivity contribution in [2.75, 3.05) is 13.2 Å². The molecule has 1 rings (SSSR count). The summed E-state index contributed by atoms with van der Waals surface area (Å²) < 4.78 is 4.88. The lowest BCUT2D eigenvalue weighted by atomic mass is 10.0. The topological polar surface area (TPSA) is 38.3 Å². The van der Waals surface area contributed by atoms with E-state index < -0.39 is 0 Å². The Bertz CT molecular complexity index is 424. The third kappa shape index (κ3) is 5.39. The summed E-state index contributed by atoms with van der Waals surface area (Å²) in [6.07, 6.45) is 1.27. The van der Waals surface area contributed by atoms with E-state index in [1.165, 1.54) is 0 Å². The lowest BCUT2D eigenvalue weighted by molar-refractivity contribution is -0.143. The molecule has 1 unspecified atom stereocenters. The van der Waals surface area contributed by atoms with Gasteiger partial charge in [0.2, 0.25) is 0 Å². The van der Waals surface area contributed by atoms with E-state index in [0.29, 0.717) is 29.6 Å². The van der Waals surface area contributed by atoms with E-state index in [4.69, 9.17) is 27.9 Å². The standard InChI is InChI=1S/C14H19Cl2NO2/c1-3-13(17-8-7-14(18)19-4-2)10-5-6-11(15)12(16)9-10/h5-6,9,13,17H,3-4,7-8H2,1-2H3. The molecular formula is C14H19Cl2NO2. The van der Waals surface area contributed by atoms with Crippen molar-refractivity contribution >= 4 is 29.2 Å². The molecule has 3 nitrogen and oxygen atoms in total. The van der Waals surface area contributed by atoms with Crippen LogP contribution in [0.2, 0.25) is 10.0 Å². The highest BCUT2D eigenvalue weighted by Crippen LogP contribution is 2.26. The smallest absolute Gasteiger partial charge is 0.307 e. The third-order valence-corrected chi connectivity index (χ3v) is 3.52. The summed E-state index contributed by atoms with van der Waals surface area (Å²) in [5.41, 5.74) is 1.07. The van der Waals surface area contributed by atoms with E-state index in [9.17, 15) is 4.79 Å². The molecule has 0 aliphatic carbocycles. The number of hydrogen-bond acceptors (Lipinski definition) is 3. The van der Waals surface area contributed by atoms with Crippen molar-refractivity contribution in [3.05, 3.63) is 33.8 Å². The number of hydrogen-bond donors (Lipinski definition) is 1. The minimum absolute atomic E-state index is 0.157. The van der Waals surface area contributed by atoms with Gasteiger partial charge in [-0.1, -0.05) is 36.2 Å². The monoisotopic (exact) mass is 303 g/mol. The first kappa shape index (κ1) is 16.3. The predicted molar refractivity (Wildman–Crippen MR) is 78.7 cm³/mol. The molecule has 19 heavy (non-hydrogen) atoms. The first-order valence-corrected chi connectivity index (χ1v) is 7.18. The molecule has 106 valence electrons. The second-order valence-corrected chi connectivity index (χ2v) is 4.96. The van der Waals surface area contributed by atoms with E-state index in [2.05, 4.69) is 12.2 Å². The molecular weight excluding hydrogens is 285 g/mol. The van der Waals surface area contributed by atoms with Gasteiger partial charge in [0.05, 0.1) is 23.1 Å². The van der Waals surface area contributed by atoms with Crippen LogP contribution in [-0.2, 0) is 9.53 Å². The molecule has 5 heteroatoms. The van der Waals surface area contributed by atoms with Crippen molar-refractivity contribution in [3.8, 4) is 0 Å². The highest BCUT2D eigenvalue weighted by atomic mass is 35.5. The summed E-state index contributed by atoms with van der Waals surface area (Å²) in [7, 11) is 0. The lowest BCUT2D eigenvalue weighted by Gasteiger charge is -2.17. The molecule has 1 aromatic rings. The van der Waals surface area contributed by atoms with Gasteiger partial charge in [0.25, 0.3) is 0 Å². The fraction of sp³-hybridized carbons (Fsp3) is 0.500. The van der Waals surface area contributed by atoms with E-state index in [1.807, 2.05) is 12.1 Å². The van der Waals surface area contributed by atoms with E-state index in [1.54, 1.807) is 13.0 Å². The van der Waals surface area contributed by atoms with Crippen molar-refractivity contribution in [3.63, 3.8) is 0 Å². The normalized spacial score (nSPS) is 12.2. The van der Waals surface area contributed by atoms with Gasteiger partial charge in [0.1, 0.15) is 0 Å². The molecule has 0 aromatic heterocycles. The number of carbonyl (C=O) groups excluding carboxylic acids is 1. The molecule has 1 atom stereocenters. The zero-order valence-electron chi connectivity index (χ0n) is 11.2. The Morgan fingerprint density at radius 2 is 2.05 bits per heavy atom. The SMILES string of the molecule is CCOC(=O)CCNC(CC)c1ccc(Cl)c(Cl)c1. The molecule has 0 amide bonds. The Balaban J connectivity index is 2.53. The number of carbonyl (C=O) groups is 1. The highest BCUT2D eigenvalue weighted by Gasteiger charge is 2.11. The molecule has 0 heterocycles. The van der Waals surface area contributed by atoms with Gasteiger partial charge in [0, 0.05) is 12.6 Å². The van der Waals surface area contributed by atoms with Crippen LogP contribution in [0.1, 0.15) is 38.3 Å². The summed E-state index contributed by atoms with van der Waals surface area (Å²) in [5, 5.41) is 4.41. The highest BCUT2D eigenvalue weighted by molar-refractivity contribution is 6.42. The van der Waals surface area contributed by atoms with Gasteiger partial charge in [-0.15, -0.1) is 0 Å². The zero-order valence-corrected chi connectivity index (χ0v) is 12.7. The number of halogens is 2. The van der Waals surface area contributed by atoms with Crippen LogP contribution in [-0.4, -0.2) is 19.1 Å². The predicted octanol–water partition coefficient (Wildman–Crippen LogP) is 3.99. The minimum Gasteiger partial charge on any atom is -0.466 e. The van der Waals surface area contributed by atoms with E-state index >= 15 is 0 Å². The molecule has 0 radical (unpaired) electrons. The second kappa shape index (κ2) is 8.41. The Kier molecular flexibility index (Phi) is 7.21. The first-order chi connectivity index (χ1) is 9.08. The lowest BCUT2D eigenvalue weighted by Crippen LogP contribution is -2.24. The van der Waals surface area contributed by atoms with Crippen molar-refractivity contribution in [2.24, 2.45) is 0 Å². The molecule has 1 aromatic carbocycles. The Morgan fingerprint density at radius 3 is 2.63 bits per heavy atom. The quantitative estimate of drug-likeness (QED) is 0.774. The number of ether oxygens (including phenoxy) is 1. The molecule has 0 fully saturated rings. The second-order valence-electron chi connectivity index (χ2n) is 4.14. The molecule has 0 aliphatic heterocycles. The van der Waals surface area contributed by atoms with Crippen LogP contribution >= 0.6 is 23.2 Å². The first-order valence-electron chi connectivity index (χ1n) is 6.42. The van der Waals surface area contributed by atoms with Gasteiger partial charge in [0.15, 0.2) is 0 Å². The summed E-state index contributed by atoms with van der Waals surface area (Å²) >= 11 is 11.9.